The van der Waals surface area contributed by atoms with Crippen molar-refractivity contribution in [1.29, 1.82) is 0 Å². The second kappa shape index (κ2) is 4.73. The Hall–Kier alpha value is -3.03. The van der Waals surface area contributed by atoms with Crippen LogP contribution in [0.3, 0.4) is 0 Å². The van der Waals surface area contributed by atoms with Crippen LogP contribution in [-0.4, -0.2) is 25.2 Å². The summed E-state index contributed by atoms with van der Waals surface area (Å²) in [5.41, 5.74) is 0.206. The van der Waals surface area contributed by atoms with Gasteiger partial charge in [-0.05, 0) is 24.3 Å². The Kier molecular flexibility index (Phi) is 2.87. The number of nitrogens with zero attached hydrogens (tertiary/aromatic N) is 3. The molecule has 1 aromatic carbocycles. The summed E-state index contributed by atoms with van der Waals surface area (Å²) in [7, 11) is 0. The van der Waals surface area contributed by atoms with Gasteiger partial charge in [0.2, 0.25) is 0 Å². The van der Waals surface area contributed by atoms with E-state index in [9.17, 15) is 23.1 Å². The van der Waals surface area contributed by atoms with Crippen molar-refractivity contribution in [2.45, 2.75) is 12.7 Å². The van der Waals surface area contributed by atoms with Crippen molar-refractivity contribution >= 4 is 5.97 Å². The molecule has 0 aliphatic carbocycles. The average Bonchev–Trinajstić information content (AvgIpc) is 3.10. The van der Waals surface area contributed by atoms with Crippen LogP contribution >= 0.6 is 0 Å². The zero-order valence-corrected chi connectivity index (χ0v) is 12.1. The summed E-state index contributed by atoms with van der Waals surface area (Å²) in [4.78, 5) is 15.3. The number of fused-ring (bicyclic) bond motifs is 5. The lowest BCUT2D eigenvalue weighted by molar-refractivity contribution is -0.138. The highest BCUT2D eigenvalue weighted by Gasteiger charge is 2.36. The number of alkyl halides is 3. The van der Waals surface area contributed by atoms with Crippen LogP contribution < -0.4 is 0 Å². The van der Waals surface area contributed by atoms with Crippen molar-refractivity contribution in [3.05, 3.63) is 59.7 Å². The van der Waals surface area contributed by atoms with Gasteiger partial charge in [-0.2, -0.15) is 13.2 Å². The Morgan fingerprint density at radius 2 is 2.00 bits per heavy atom. The van der Waals surface area contributed by atoms with E-state index in [1.54, 1.807) is 22.9 Å². The molecule has 8 heteroatoms. The number of carboxylic acid groups (broad SMARTS) is 1. The predicted molar refractivity (Wildman–Crippen MR) is 78.1 cm³/mol. The molecule has 0 spiro atoms. The first-order valence-electron chi connectivity index (χ1n) is 7.03. The number of benzene rings is 1. The van der Waals surface area contributed by atoms with E-state index in [2.05, 4.69) is 4.98 Å². The number of hydrogen-bond donors (Lipinski definition) is 1. The van der Waals surface area contributed by atoms with Gasteiger partial charge < -0.3 is 9.67 Å². The summed E-state index contributed by atoms with van der Waals surface area (Å²) in [6.45, 7) is -0.00586. The van der Waals surface area contributed by atoms with Gasteiger partial charge in [-0.15, -0.1) is 0 Å². The highest BCUT2D eigenvalue weighted by atomic mass is 19.4. The molecule has 1 aliphatic rings. The van der Waals surface area contributed by atoms with Crippen molar-refractivity contribution < 1.29 is 23.1 Å². The van der Waals surface area contributed by atoms with Crippen molar-refractivity contribution in [3.8, 4) is 17.1 Å². The molecular weight excluding hydrogens is 323 g/mol. The Labute approximate surface area is 133 Å². The Morgan fingerprint density at radius 1 is 1.21 bits per heavy atom. The van der Waals surface area contributed by atoms with E-state index >= 15 is 0 Å². The van der Waals surface area contributed by atoms with E-state index in [0.29, 0.717) is 5.69 Å². The Morgan fingerprint density at radius 3 is 2.71 bits per heavy atom. The van der Waals surface area contributed by atoms with E-state index < -0.39 is 17.7 Å². The minimum absolute atomic E-state index is 0.00586. The van der Waals surface area contributed by atoms with Gasteiger partial charge in [0.25, 0.3) is 0 Å². The fraction of sp³-hybridized carbons (Fsp3) is 0.125. The maximum absolute atomic E-state index is 13.4. The van der Waals surface area contributed by atoms with Crippen LogP contribution in [0.15, 0.2) is 42.9 Å². The number of carbonyl (C=O) groups is 1. The van der Waals surface area contributed by atoms with Crippen molar-refractivity contribution in [2.75, 3.05) is 0 Å². The standard InChI is InChI=1S/C16H10F3N3O2/c17-16(18,19)10-3-1-4-11-9(10)7-21-6-2-5-12(21)14-13(15(23)24)20-8-22(11)14/h1-6,8H,7H2,(H,23,24). The fourth-order valence-corrected chi connectivity index (χ4v) is 3.10. The molecule has 1 aliphatic heterocycles. The number of hydrogen-bond acceptors (Lipinski definition) is 2. The first kappa shape index (κ1) is 14.6. The Balaban J connectivity index is 2.10. The molecule has 0 unspecified atom stereocenters. The zero-order chi connectivity index (χ0) is 17.1. The van der Waals surface area contributed by atoms with Crippen LogP contribution in [0.5, 0.6) is 0 Å². The molecule has 0 radical (unpaired) electrons. The summed E-state index contributed by atoms with van der Waals surface area (Å²) < 4.78 is 43.2. The smallest absolute Gasteiger partial charge is 0.416 e. The lowest BCUT2D eigenvalue weighted by Gasteiger charge is -2.16. The SMILES string of the molecule is O=C(O)c1ncn2c1-c1cccn1Cc1c-2cccc1C(F)(F)F. The van der Waals surface area contributed by atoms with Gasteiger partial charge in [-0.25, -0.2) is 9.78 Å². The first-order chi connectivity index (χ1) is 11.4. The molecule has 3 aromatic rings. The number of carboxylic acids is 1. The van der Waals surface area contributed by atoms with Crippen molar-refractivity contribution in [2.24, 2.45) is 0 Å². The molecule has 24 heavy (non-hydrogen) atoms. The maximum atomic E-state index is 13.4. The molecule has 3 heterocycles. The molecule has 2 aromatic heterocycles. The number of halogens is 3. The summed E-state index contributed by atoms with van der Waals surface area (Å²) in [5.74, 6) is -1.23. The minimum atomic E-state index is -4.50. The zero-order valence-electron chi connectivity index (χ0n) is 12.1. The number of aromatic nitrogens is 3. The number of imidazole rings is 1. The highest BCUT2D eigenvalue weighted by molar-refractivity contribution is 5.93. The van der Waals surface area contributed by atoms with Crippen molar-refractivity contribution in [1.82, 2.24) is 14.1 Å². The van der Waals surface area contributed by atoms with Crippen LogP contribution in [0.4, 0.5) is 13.2 Å². The van der Waals surface area contributed by atoms with E-state index in [1.807, 2.05) is 0 Å². The first-order valence-corrected chi connectivity index (χ1v) is 7.03. The van der Waals surface area contributed by atoms with Crippen LogP contribution in [0, 0.1) is 0 Å². The third-order valence-electron chi connectivity index (χ3n) is 4.09. The molecule has 1 N–H and O–H groups in total. The van der Waals surface area contributed by atoms with Crippen LogP contribution in [0.25, 0.3) is 17.1 Å². The third kappa shape index (κ3) is 1.96. The number of aromatic carboxylic acids is 1. The van der Waals surface area contributed by atoms with Crippen LogP contribution in [0.2, 0.25) is 0 Å². The molecule has 0 fully saturated rings. The maximum Gasteiger partial charge on any atom is 0.416 e. The second-order valence-electron chi connectivity index (χ2n) is 5.44. The highest BCUT2D eigenvalue weighted by Crippen LogP contribution is 2.39. The van der Waals surface area contributed by atoms with Gasteiger partial charge in [0, 0.05) is 11.8 Å². The third-order valence-corrected chi connectivity index (χ3v) is 4.09. The quantitative estimate of drug-likeness (QED) is 0.581. The molecule has 0 amide bonds. The molecule has 0 atom stereocenters. The summed E-state index contributed by atoms with van der Waals surface area (Å²) in [6.07, 6.45) is -1.62. The van der Waals surface area contributed by atoms with E-state index in [0.717, 1.165) is 6.07 Å². The summed E-state index contributed by atoms with van der Waals surface area (Å²) in [6, 6.07) is 7.21. The average molecular weight is 333 g/mol. The minimum Gasteiger partial charge on any atom is -0.476 e. The molecule has 0 saturated heterocycles. The van der Waals surface area contributed by atoms with E-state index in [-0.39, 0.29) is 29.2 Å². The lowest BCUT2D eigenvalue weighted by Crippen LogP contribution is -2.13. The monoisotopic (exact) mass is 333 g/mol. The number of rotatable bonds is 1. The largest absolute Gasteiger partial charge is 0.476 e. The molecule has 0 bridgehead atoms. The molecular formula is C16H10F3N3O2. The van der Waals surface area contributed by atoms with Crippen LogP contribution in [-0.2, 0) is 12.7 Å². The molecule has 4 rings (SSSR count). The van der Waals surface area contributed by atoms with Gasteiger partial charge in [0.15, 0.2) is 5.69 Å². The molecule has 0 saturated carbocycles. The van der Waals surface area contributed by atoms with Gasteiger partial charge in [0.1, 0.15) is 12.0 Å². The summed E-state index contributed by atoms with van der Waals surface area (Å²) >= 11 is 0. The Bertz CT molecular complexity index is 969. The van der Waals surface area contributed by atoms with Crippen molar-refractivity contribution in [3.63, 3.8) is 0 Å². The fourth-order valence-electron chi connectivity index (χ4n) is 3.10. The van der Waals surface area contributed by atoms with E-state index in [4.69, 9.17) is 0 Å². The second-order valence-corrected chi connectivity index (χ2v) is 5.44. The lowest BCUT2D eigenvalue weighted by atomic mass is 10.0. The van der Waals surface area contributed by atoms with Gasteiger partial charge in [-0.3, -0.25) is 4.57 Å². The van der Waals surface area contributed by atoms with Crippen LogP contribution in [0.1, 0.15) is 21.6 Å². The van der Waals surface area contributed by atoms with Gasteiger partial charge >= 0.3 is 12.1 Å². The van der Waals surface area contributed by atoms with Gasteiger partial charge in [0.05, 0.1) is 23.5 Å². The van der Waals surface area contributed by atoms with E-state index in [1.165, 1.54) is 23.0 Å². The molecule has 5 nitrogen and oxygen atoms in total. The predicted octanol–water partition coefficient (Wildman–Crippen LogP) is 3.42. The normalized spacial score (nSPS) is 13.0. The topological polar surface area (TPSA) is 60.0 Å². The van der Waals surface area contributed by atoms with Gasteiger partial charge in [-0.1, -0.05) is 6.07 Å². The summed E-state index contributed by atoms with van der Waals surface area (Å²) in [5, 5.41) is 9.35. The molecule has 122 valence electrons.